The van der Waals surface area contributed by atoms with E-state index in [0.29, 0.717) is 12.8 Å². The van der Waals surface area contributed by atoms with Gasteiger partial charge in [0.05, 0.1) is 6.61 Å². The summed E-state index contributed by atoms with van der Waals surface area (Å²) in [6.45, 7) is 3.63. The normalized spacial score (nSPS) is 11.6. The molecule has 0 unspecified atom stereocenters. The third-order valence-electron chi connectivity index (χ3n) is 4.30. The topological polar surface area (TPSA) is 83.8 Å². The first-order valence-electron chi connectivity index (χ1n) is 9.81. The van der Waals surface area contributed by atoms with Crippen molar-refractivity contribution < 1.29 is 23.7 Å². The van der Waals surface area contributed by atoms with Gasteiger partial charge in [-0.15, -0.1) is 0 Å². The second-order valence-electron chi connectivity index (χ2n) is 6.69. The molecule has 0 aliphatic rings. The van der Waals surface area contributed by atoms with Gasteiger partial charge in [0.25, 0.3) is 0 Å². The van der Waals surface area contributed by atoms with Crippen molar-refractivity contribution in [1.29, 1.82) is 0 Å². The van der Waals surface area contributed by atoms with E-state index in [1.807, 2.05) is 0 Å². The maximum absolute atomic E-state index is 11.0. The van der Waals surface area contributed by atoms with E-state index in [-0.39, 0.29) is 12.4 Å². The molecule has 25 heavy (non-hydrogen) atoms. The molecule has 6 heteroatoms. The smallest absolute Gasteiger partial charge is 0.303 e. The van der Waals surface area contributed by atoms with Gasteiger partial charge in [-0.1, -0.05) is 83.6 Å². The second-order valence-corrected chi connectivity index (χ2v) is 7.93. The summed E-state index contributed by atoms with van der Waals surface area (Å²) in [6.07, 6.45) is 18.5. The van der Waals surface area contributed by atoms with Gasteiger partial charge in [0.2, 0.25) is 0 Å². The van der Waals surface area contributed by atoms with E-state index in [2.05, 4.69) is 11.1 Å². The molecule has 0 rings (SSSR count). The van der Waals surface area contributed by atoms with Crippen LogP contribution in [0.3, 0.4) is 0 Å². The molecular formula is C19H37O5P. The average Bonchev–Trinajstić information content (AvgIpc) is 2.56. The zero-order valence-electron chi connectivity index (χ0n) is 15.7. The standard InChI is InChI=1S/C19H37O5P/c1-2-19(20)17-15-13-11-9-7-5-3-4-6-8-10-12-14-16-18-24-25(21,22)23/h2H,1,3-18H2,(H2,21,22,23). The fourth-order valence-corrected chi connectivity index (χ4v) is 3.18. The number of carbonyl (C=O) groups is 1. The van der Waals surface area contributed by atoms with Crippen LogP contribution in [-0.2, 0) is 13.9 Å². The van der Waals surface area contributed by atoms with Crippen LogP contribution in [0, 0.1) is 0 Å². The average molecular weight is 376 g/mol. The summed E-state index contributed by atoms with van der Waals surface area (Å²) in [5.74, 6) is 0.162. The fraction of sp³-hybridized carbons (Fsp3) is 0.842. The molecule has 148 valence electrons. The van der Waals surface area contributed by atoms with Gasteiger partial charge < -0.3 is 9.79 Å². The van der Waals surface area contributed by atoms with Crippen LogP contribution in [0.1, 0.15) is 96.3 Å². The predicted octanol–water partition coefficient (Wildman–Crippen LogP) is 5.70. The Kier molecular flexibility index (Phi) is 16.6. The van der Waals surface area contributed by atoms with E-state index in [4.69, 9.17) is 9.79 Å². The molecule has 0 heterocycles. The van der Waals surface area contributed by atoms with Crippen LogP contribution in [0.5, 0.6) is 0 Å². The highest BCUT2D eigenvalue weighted by Crippen LogP contribution is 2.35. The van der Waals surface area contributed by atoms with Crippen LogP contribution in [0.2, 0.25) is 0 Å². The van der Waals surface area contributed by atoms with E-state index < -0.39 is 7.82 Å². The highest BCUT2D eigenvalue weighted by molar-refractivity contribution is 7.46. The van der Waals surface area contributed by atoms with E-state index in [1.54, 1.807) is 0 Å². The highest BCUT2D eigenvalue weighted by atomic mass is 31.2. The van der Waals surface area contributed by atoms with Gasteiger partial charge in [-0.2, -0.15) is 0 Å². The summed E-state index contributed by atoms with van der Waals surface area (Å²) >= 11 is 0. The van der Waals surface area contributed by atoms with Crippen molar-refractivity contribution in [2.45, 2.75) is 96.3 Å². The number of rotatable bonds is 19. The first-order chi connectivity index (χ1) is 12.0. The van der Waals surface area contributed by atoms with Gasteiger partial charge in [-0.3, -0.25) is 9.32 Å². The summed E-state index contributed by atoms with van der Waals surface area (Å²) in [5.41, 5.74) is 0. The molecule has 0 atom stereocenters. The Balaban J connectivity index is 3.08. The van der Waals surface area contributed by atoms with Crippen LogP contribution < -0.4 is 0 Å². The zero-order valence-corrected chi connectivity index (χ0v) is 16.6. The second kappa shape index (κ2) is 17.0. The van der Waals surface area contributed by atoms with Crippen LogP contribution in [-0.4, -0.2) is 22.2 Å². The van der Waals surface area contributed by atoms with Gasteiger partial charge in [-0.25, -0.2) is 4.57 Å². The quantitative estimate of drug-likeness (QED) is 0.172. The lowest BCUT2D eigenvalue weighted by atomic mass is 10.0. The van der Waals surface area contributed by atoms with Crippen molar-refractivity contribution in [1.82, 2.24) is 0 Å². The maximum Gasteiger partial charge on any atom is 0.469 e. The van der Waals surface area contributed by atoms with Crippen LogP contribution >= 0.6 is 7.82 Å². The van der Waals surface area contributed by atoms with Crippen molar-refractivity contribution >= 4 is 13.6 Å². The molecule has 0 aliphatic heterocycles. The van der Waals surface area contributed by atoms with Crippen molar-refractivity contribution in [3.05, 3.63) is 12.7 Å². The maximum atomic E-state index is 11.0. The molecule has 0 amide bonds. The minimum Gasteiger partial charge on any atom is -0.303 e. The van der Waals surface area contributed by atoms with E-state index in [9.17, 15) is 9.36 Å². The van der Waals surface area contributed by atoms with Gasteiger partial charge >= 0.3 is 7.82 Å². The minimum atomic E-state index is -4.28. The lowest BCUT2D eigenvalue weighted by molar-refractivity contribution is -0.114. The molecule has 0 fully saturated rings. The van der Waals surface area contributed by atoms with Gasteiger partial charge in [0.1, 0.15) is 0 Å². The Morgan fingerprint density at radius 1 is 0.760 bits per heavy atom. The Labute approximate surface area is 153 Å². The third-order valence-corrected chi connectivity index (χ3v) is 4.82. The number of ketones is 1. The molecule has 0 radical (unpaired) electrons. The molecule has 0 saturated carbocycles. The SMILES string of the molecule is C=CC(=O)CCCCCCCCCCCCCCCCOP(=O)(O)O. The molecule has 0 bridgehead atoms. The van der Waals surface area contributed by atoms with Crippen molar-refractivity contribution in [2.75, 3.05) is 6.61 Å². The van der Waals surface area contributed by atoms with Gasteiger partial charge in [0.15, 0.2) is 5.78 Å². The number of phosphoric ester groups is 1. The van der Waals surface area contributed by atoms with Gasteiger partial charge in [-0.05, 0) is 18.9 Å². The summed E-state index contributed by atoms with van der Waals surface area (Å²) in [7, 11) is -4.28. The Morgan fingerprint density at radius 3 is 1.48 bits per heavy atom. The summed E-state index contributed by atoms with van der Waals surface area (Å²) in [5, 5.41) is 0. The molecule has 0 aromatic rings. The van der Waals surface area contributed by atoms with Crippen molar-refractivity contribution in [2.24, 2.45) is 0 Å². The molecule has 5 nitrogen and oxygen atoms in total. The number of carbonyl (C=O) groups excluding carboxylic acids is 1. The number of phosphoric acid groups is 1. The summed E-state index contributed by atoms with van der Waals surface area (Å²) < 4.78 is 14.9. The van der Waals surface area contributed by atoms with E-state index in [1.165, 1.54) is 63.9 Å². The molecule has 2 N–H and O–H groups in total. The van der Waals surface area contributed by atoms with Crippen LogP contribution in [0.15, 0.2) is 12.7 Å². The highest BCUT2D eigenvalue weighted by Gasteiger charge is 2.12. The first-order valence-corrected chi connectivity index (χ1v) is 11.3. The fourth-order valence-electron chi connectivity index (χ4n) is 2.81. The monoisotopic (exact) mass is 376 g/mol. The summed E-state index contributed by atoms with van der Waals surface area (Å²) in [4.78, 5) is 28.1. The molecule has 0 aromatic heterocycles. The molecule has 0 aromatic carbocycles. The van der Waals surface area contributed by atoms with E-state index >= 15 is 0 Å². The lowest BCUT2D eigenvalue weighted by Crippen LogP contribution is -1.92. The molecular weight excluding hydrogens is 339 g/mol. The minimum absolute atomic E-state index is 0.148. The number of allylic oxidation sites excluding steroid dienone is 1. The first kappa shape index (κ1) is 24.5. The predicted molar refractivity (Wildman–Crippen MR) is 102 cm³/mol. The summed E-state index contributed by atoms with van der Waals surface area (Å²) in [6, 6.07) is 0. The molecule has 0 saturated heterocycles. The third kappa shape index (κ3) is 21.5. The van der Waals surface area contributed by atoms with Crippen LogP contribution in [0.25, 0.3) is 0 Å². The van der Waals surface area contributed by atoms with Gasteiger partial charge in [0, 0.05) is 6.42 Å². The number of unbranched alkanes of at least 4 members (excludes halogenated alkanes) is 13. The van der Waals surface area contributed by atoms with Crippen molar-refractivity contribution in [3.8, 4) is 0 Å². The largest absolute Gasteiger partial charge is 0.469 e. The molecule has 0 spiro atoms. The van der Waals surface area contributed by atoms with E-state index in [0.717, 1.165) is 25.7 Å². The Hall–Kier alpha value is -0.480. The molecule has 0 aliphatic carbocycles. The number of hydrogen-bond donors (Lipinski definition) is 2. The Bertz CT molecular complexity index is 378. The lowest BCUT2D eigenvalue weighted by Gasteiger charge is -2.05. The number of hydrogen-bond acceptors (Lipinski definition) is 3. The van der Waals surface area contributed by atoms with Crippen LogP contribution in [0.4, 0.5) is 0 Å². The Morgan fingerprint density at radius 2 is 1.12 bits per heavy atom. The van der Waals surface area contributed by atoms with Crippen molar-refractivity contribution in [3.63, 3.8) is 0 Å². The zero-order chi connectivity index (χ0) is 18.8.